The summed E-state index contributed by atoms with van der Waals surface area (Å²) in [5, 5.41) is 3.83. The summed E-state index contributed by atoms with van der Waals surface area (Å²) in [6.45, 7) is 17.3. The number of hydrogen-bond donors (Lipinski definition) is 1. The smallest absolute Gasteiger partial charge is 0.0359 e. The fourth-order valence-electron chi connectivity index (χ4n) is 4.35. The maximum absolute atomic E-state index is 3.83. The Morgan fingerprint density at radius 2 is 1.71 bits per heavy atom. The zero-order chi connectivity index (χ0) is 15.8. The zero-order valence-electron chi connectivity index (χ0n) is 15.1. The van der Waals surface area contributed by atoms with E-state index >= 15 is 0 Å². The van der Waals surface area contributed by atoms with Crippen LogP contribution in [0.4, 0.5) is 0 Å². The predicted molar refractivity (Wildman–Crippen MR) is 92.9 cm³/mol. The Bertz CT molecular complexity index is 487. The van der Waals surface area contributed by atoms with Gasteiger partial charge in [-0.05, 0) is 86.2 Å². The van der Waals surface area contributed by atoms with Crippen LogP contribution in [0.2, 0.25) is 0 Å². The van der Waals surface area contributed by atoms with Crippen molar-refractivity contribution in [3.05, 3.63) is 33.9 Å². The van der Waals surface area contributed by atoms with E-state index in [0.717, 1.165) is 12.5 Å². The van der Waals surface area contributed by atoms with Crippen molar-refractivity contribution in [1.29, 1.82) is 0 Å². The average molecular weight is 287 g/mol. The zero-order valence-corrected chi connectivity index (χ0v) is 15.1. The molecule has 1 aliphatic carbocycles. The fraction of sp³-hybridized carbons (Fsp3) is 0.700. The minimum Gasteiger partial charge on any atom is -0.310 e. The van der Waals surface area contributed by atoms with E-state index in [2.05, 4.69) is 59.8 Å². The van der Waals surface area contributed by atoms with Crippen LogP contribution in [0.15, 0.2) is 6.07 Å². The highest BCUT2D eigenvalue weighted by Gasteiger charge is 2.40. The molecule has 1 N–H and O–H groups in total. The molecular formula is C20H33N. The lowest BCUT2D eigenvalue weighted by Gasteiger charge is -2.37. The van der Waals surface area contributed by atoms with Gasteiger partial charge in [0.25, 0.3) is 0 Å². The van der Waals surface area contributed by atoms with Crippen molar-refractivity contribution in [2.75, 3.05) is 6.54 Å². The lowest BCUT2D eigenvalue weighted by atomic mass is 9.73. The highest BCUT2D eigenvalue weighted by molar-refractivity contribution is 5.46. The number of hydrogen-bond acceptors (Lipinski definition) is 1. The molecule has 118 valence electrons. The van der Waals surface area contributed by atoms with Crippen molar-refractivity contribution in [2.45, 2.75) is 73.8 Å². The van der Waals surface area contributed by atoms with E-state index in [1.54, 1.807) is 5.56 Å². The summed E-state index contributed by atoms with van der Waals surface area (Å²) in [6.07, 6.45) is 4.10. The molecule has 0 radical (unpaired) electrons. The van der Waals surface area contributed by atoms with E-state index in [1.165, 1.54) is 41.5 Å². The molecule has 21 heavy (non-hydrogen) atoms. The summed E-state index contributed by atoms with van der Waals surface area (Å²) >= 11 is 0. The monoisotopic (exact) mass is 287 g/mol. The van der Waals surface area contributed by atoms with Gasteiger partial charge in [0.05, 0.1) is 0 Å². The Labute approximate surface area is 131 Å². The molecule has 1 aromatic carbocycles. The van der Waals surface area contributed by atoms with Crippen LogP contribution in [-0.2, 0) is 0 Å². The quantitative estimate of drug-likeness (QED) is 0.782. The van der Waals surface area contributed by atoms with E-state index in [1.807, 2.05) is 0 Å². The fourth-order valence-corrected chi connectivity index (χ4v) is 4.35. The Morgan fingerprint density at radius 3 is 2.14 bits per heavy atom. The van der Waals surface area contributed by atoms with Crippen molar-refractivity contribution in [3.63, 3.8) is 0 Å². The van der Waals surface area contributed by atoms with Gasteiger partial charge in [-0.25, -0.2) is 0 Å². The summed E-state index contributed by atoms with van der Waals surface area (Å²) in [7, 11) is 0. The van der Waals surface area contributed by atoms with Crippen LogP contribution in [0.25, 0.3) is 0 Å². The van der Waals surface area contributed by atoms with Gasteiger partial charge in [-0.3, -0.25) is 0 Å². The molecule has 0 aliphatic heterocycles. The minimum absolute atomic E-state index is 0.448. The topological polar surface area (TPSA) is 12.0 Å². The van der Waals surface area contributed by atoms with E-state index in [9.17, 15) is 0 Å². The van der Waals surface area contributed by atoms with Gasteiger partial charge in [-0.1, -0.05) is 33.3 Å². The van der Waals surface area contributed by atoms with Crippen molar-refractivity contribution >= 4 is 0 Å². The van der Waals surface area contributed by atoms with Gasteiger partial charge in [0.1, 0.15) is 0 Å². The maximum atomic E-state index is 3.83. The van der Waals surface area contributed by atoms with Gasteiger partial charge in [0.15, 0.2) is 0 Å². The van der Waals surface area contributed by atoms with E-state index in [0.29, 0.717) is 11.5 Å². The summed E-state index contributed by atoms with van der Waals surface area (Å²) in [6, 6.07) is 2.85. The molecule has 1 saturated carbocycles. The van der Waals surface area contributed by atoms with Crippen molar-refractivity contribution in [2.24, 2.45) is 11.3 Å². The molecule has 1 aromatic rings. The Kier molecular flexibility index (Phi) is 4.82. The van der Waals surface area contributed by atoms with Crippen molar-refractivity contribution < 1.29 is 0 Å². The largest absolute Gasteiger partial charge is 0.310 e. The molecular weight excluding hydrogens is 254 g/mol. The molecule has 0 heterocycles. The molecule has 1 aliphatic rings. The van der Waals surface area contributed by atoms with Crippen LogP contribution in [0.5, 0.6) is 0 Å². The SMILES string of the molecule is CCNC(c1c(C)c(C)cc(C)c1C)C1CCCC1(C)C. The molecule has 2 atom stereocenters. The van der Waals surface area contributed by atoms with Crippen LogP contribution < -0.4 is 5.32 Å². The molecule has 1 fully saturated rings. The van der Waals surface area contributed by atoms with Crippen molar-refractivity contribution in [3.8, 4) is 0 Å². The van der Waals surface area contributed by atoms with Crippen LogP contribution in [0.1, 0.15) is 73.9 Å². The first-order chi connectivity index (χ1) is 9.79. The first-order valence-corrected chi connectivity index (χ1v) is 8.60. The number of aryl methyl sites for hydroxylation is 2. The second-order valence-electron chi connectivity index (χ2n) is 7.70. The van der Waals surface area contributed by atoms with Gasteiger partial charge in [-0.2, -0.15) is 0 Å². The second kappa shape index (κ2) is 6.12. The maximum Gasteiger partial charge on any atom is 0.0359 e. The third kappa shape index (κ3) is 3.04. The van der Waals surface area contributed by atoms with Gasteiger partial charge in [0.2, 0.25) is 0 Å². The molecule has 1 heteroatoms. The Hall–Kier alpha value is -0.820. The second-order valence-corrected chi connectivity index (χ2v) is 7.70. The van der Waals surface area contributed by atoms with Crippen molar-refractivity contribution in [1.82, 2.24) is 5.32 Å². The molecule has 1 nitrogen and oxygen atoms in total. The summed E-state index contributed by atoms with van der Waals surface area (Å²) in [5.41, 5.74) is 7.88. The van der Waals surface area contributed by atoms with Gasteiger partial charge >= 0.3 is 0 Å². The number of rotatable bonds is 4. The lowest BCUT2D eigenvalue weighted by molar-refractivity contribution is 0.198. The lowest BCUT2D eigenvalue weighted by Crippen LogP contribution is -2.35. The van der Waals surface area contributed by atoms with Crippen LogP contribution in [-0.4, -0.2) is 6.54 Å². The van der Waals surface area contributed by atoms with E-state index < -0.39 is 0 Å². The molecule has 0 bridgehead atoms. The molecule has 0 amide bonds. The Balaban J connectivity index is 2.53. The Morgan fingerprint density at radius 1 is 1.14 bits per heavy atom. The van der Waals surface area contributed by atoms with Gasteiger partial charge < -0.3 is 5.32 Å². The van der Waals surface area contributed by atoms with Gasteiger partial charge in [0, 0.05) is 6.04 Å². The summed E-state index contributed by atoms with van der Waals surface area (Å²) < 4.78 is 0. The molecule has 0 saturated heterocycles. The standard InChI is InChI=1S/C20H33N/c1-8-21-19(17-10-9-11-20(17,6)7)18-15(4)13(2)12-14(3)16(18)5/h12,17,19,21H,8-11H2,1-7H3. The first kappa shape index (κ1) is 16.5. The van der Waals surface area contributed by atoms with Crippen LogP contribution in [0.3, 0.4) is 0 Å². The number of nitrogens with one attached hydrogen (secondary N) is 1. The summed E-state index contributed by atoms with van der Waals surface area (Å²) in [4.78, 5) is 0. The third-order valence-corrected chi connectivity index (χ3v) is 5.90. The third-order valence-electron chi connectivity index (χ3n) is 5.90. The molecule has 2 rings (SSSR count). The predicted octanol–water partition coefficient (Wildman–Crippen LogP) is 5.40. The van der Waals surface area contributed by atoms with E-state index in [-0.39, 0.29) is 0 Å². The molecule has 0 spiro atoms. The number of benzene rings is 1. The van der Waals surface area contributed by atoms with Gasteiger partial charge in [-0.15, -0.1) is 0 Å². The highest BCUT2D eigenvalue weighted by Crippen LogP contribution is 2.50. The normalized spacial score (nSPS) is 22.5. The van der Waals surface area contributed by atoms with E-state index in [4.69, 9.17) is 0 Å². The van der Waals surface area contributed by atoms with Crippen LogP contribution >= 0.6 is 0 Å². The average Bonchev–Trinajstić information content (AvgIpc) is 2.75. The first-order valence-electron chi connectivity index (χ1n) is 8.60. The minimum atomic E-state index is 0.448. The highest BCUT2D eigenvalue weighted by atomic mass is 14.9. The molecule has 0 aromatic heterocycles. The van der Waals surface area contributed by atoms with Crippen LogP contribution in [0, 0.1) is 39.0 Å². The summed E-state index contributed by atoms with van der Waals surface area (Å²) in [5.74, 6) is 0.746. The molecule has 2 unspecified atom stereocenters.